The van der Waals surface area contributed by atoms with Crippen LogP contribution in [0.1, 0.15) is 201 Å². The molecule has 1 unspecified atom stereocenters. The molecular formula is C45H78O6. The van der Waals surface area contributed by atoms with Gasteiger partial charge in [0, 0.05) is 19.3 Å². The Hall–Kier alpha value is -2.63. The molecule has 0 aromatic rings. The van der Waals surface area contributed by atoms with Gasteiger partial charge in [0.1, 0.15) is 13.2 Å². The summed E-state index contributed by atoms with van der Waals surface area (Å²) in [6.07, 6.45) is 45.5. The van der Waals surface area contributed by atoms with E-state index in [-0.39, 0.29) is 31.1 Å². The van der Waals surface area contributed by atoms with Crippen molar-refractivity contribution < 1.29 is 28.6 Å². The van der Waals surface area contributed by atoms with E-state index in [0.29, 0.717) is 19.3 Å². The first kappa shape index (κ1) is 48.4. The van der Waals surface area contributed by atoms with Crippen LogP contribution in [0, 0.1) is 0 Å². The van der Waals surface area contributed by atoms with E-state index < -0.39 is 6.10 Å². The molecule has 6 nitrogen and oxygen atoms in total. The summed E-state index contributed by atoms with van der Waals surface area (Å²) in [5.74, 6) is -0.909. The van der Waals surface area contributed by atoms with Crippen LogP contribution in [0.4, 0.5) is 0 Å². The van der Waals surface area contributed by atoms with Gasteiger partial charge < -0.3 is 14.2 Å². The quantitative estimate of drug-likeness (QED) is 0.0276. The van der Waals surface area contributed by atoms with Crippen LogP contribution in [0.25, 0.3) is 0 Å². The van der Waals surface area contributed by atoms with E-state index in [2.05, 4.69) is 69.4 Å². The van der Waals surface area contributed by atoms with E-state index in [4.69, 9.17) is 14.2 Å². The topological polar surface area (TPSA) is 78.9 Å². The first-order valence-electron chi connectivity index (χ1n) is 21.1. The standard InChI is InChI=1S/C45H78O6/c1-4-7-10-13-16-17-18-19-20-21-22-23-24-25-26-27-30-32-35-38-44(47)50-41-42(51-45(48)39-36-33-29-15-12-9-6-3)40-49-43(46)37-34-31-28-14-11-8-5-2/h7,10,16-17,19-20,22-23,42H,4-6,8-9,11-15,18,21,24-41H2,1-3H3/b10-7-,17-16-,20-19-,23-22-. The smallest absolute Gasteiger partial charge is 0.306 e. The Labute approximate surface area is 314 Å². The molecule has 0 radical (unpaired) electrons. The van der Waals surface area contributed by atoms with Crippen LogP contribution in [0.5, 0.6) is 0 Å². The fourth-order valence-corrected chi connectivity index (χ4v) is 5.67. The summed E-state index contributed by atoms with van der Waals surface area (Å²) in [7, 11) is 0. The zero-order valence-electron chi connectivity index (χ0n) is 33.4. The van der Waals surface area contributed by atoms with Crippen LogP contribution in [-0.4, -0.2) is 37.2 Å². The minimum atomic E-state index is -0.769. The minimum absolute atomic E-state index is 0.0771. The molecule has 0 N–H and O–H groups in total. The lowest BCUT2D eigenvalue weighted by atomic mass is 10.1. The Balaban J connectivity index is 4.22. The van der Waals surface area contributed by atoms with Crippen LogP contribution in [-0.2, 0) is 28.6 Å². The van der Waals surface area contributed by atoms with Gasteiger partial charge in [-0.05, 0) is 57.8 Å². The second-order valence-corrected chi connectivity index (χ2v) is 13.9. The van der Waals surface area contributed by atoms with Gasteiger partial charge in [0.15, 0.2) is 6.10 Å². The third-order valence-electron chi connectivity index (χ3n) is 8.85. The van der Waals surface area contributed by atoms with Gasteiger partial charge in [0.25, 0.3) is 0 Å². The van der Waals surface area contributed by atoms with Crippen molar-refractivity contribution in [1.29, 1.82) is 0 Å². The average Bonchev–Trinajstić information content (AvgIpc) is 3.12. The summed E-state index contributed by atoms with van der Waals surface area (Å²) in [5.41, 5.74) is 0. The van der Waals surface area contributed by atoms with Crippen LogP contribution in [0.2, 0.25) is 0 Å². The summed E-state index contributed by atoms with van der Waals surface area (Å²) in [4.78, 5) is 37.3. The summed E-state index contributed by atoms with van der Waals surface area (Å²) in [5, 5.41) is 0. The summed E-state index contributed by atoms with van der Waals surface area (Å²) in [6, 6.07) is 0. The largest absolute Gasteiger partial charge is 0.462 e. The molecule has 0 heterocycles. The average molecular weight is 715 g/mol. The van der Waals surface area contributed by atoms with Crippen molar-refractivity contribution in [3.63, 3.8) is 0 Å². The van der Waals surface area contributed by atoms with Gasteiger partial charge in [-0.25, -0.2) is 0 Å². The number of carbonyl (C=O) groups excluding carboxylic acids is 3. The van der Waals surface area contributed by atoms with Crippen LogP contribution in [0.3, 0.4) is 0 Å². The van der Waals surface area contributed by atoms with Gasteiger partial charge in [0.2, 0.25) is 0 Å². The normalized spacial score (nSPS) is 12.5. The lowest BCUT2D eigenvalue weighted by molar-refractivity contribution is -0.167. The van der Waals surface area contributed by atoms with E-state index in [1.165, 1.54) is 70.6 Å². The molecule has 0 aliphatic carbocycles. The van der Waals surface area contributed by atoms with Crippen LogP contribution >= 0.6 is 0 Å². The second-order valence-electron chi connectivity index (χ2n) is 13.9. The molecule has 0 aromatic heterocycles. The molecule has 0 amide bonds. The highest BCUT2D eigenvalue weighted by Crippen LogP contribution is 2.13. The van der Waals surface area contributed by atoms with Gasteiger partial charge in [-0.3, -0.25) is 14.4 Å². The number of hydrogen-bond acceptors (Lipinski definition) is 6. The third kappa shape index (κ3) is 38.4. The molecule has 51 heavy (non-hydrogen) atoms. The maximum absolute atomic E-state index is 12.5. The maximum atomic E-state index is 12.5. The molecule has 0 aliphatic rings. The van der Waals surface area contributed by atoms with Gasteiger partial charge in [-0.2, -0.15) is 0 Å². The Morgan fingerprint density at radius 1 is 0.412 bits per heavy atom. The van der Waals surface area contributed by atoms with Gasteiger partial charge in [-0.15, -0.1) is 0 Å². The minimum Gasteiger partial charge on any atom is -0.462 e. The van der Waals surface area contributed by atoms with E-state index in [1.54, 1.807) is 0 Å². The van der Waals surface area contributed by atoms with Crippen molar-refractivity contribution in [3.8, 4) is 0 Å². The number of rotatable bonds is 37. The lowest BCUT2D eigenvalue weighted by Gasteiger charge is -2.18. The molecule has 1 atom stereocenters. The molecule has 0 saturated heterocycles. The second kappa shape index (κ2) is 40.1. The Morgan fingerprint density at radius 2 is 0.765 bits per heavy atom. The van der Waals surface area contributed by atoms with Crippen LogP contribution < -0.4 is 0 Å². The highest BCUT2D eigenvalue weighted by molar-refractivity contribution is 5.71. The third-order valence-corrected chi connectivity index (χ3v) is 8.85. The Bertz CT molecular complexity index is 918. The van der Waals surface area contributed by atoms with Crippen molar-refractivity contribution in [1.82, 2.24) is 0 Å². The molecule has 0 spiro atoms. The van der Waals surface area contributed by atoms with Crippen molar-refractivity contribution in [2.75, 3.05) is 13.2 Å². The number of carbonyl (C=O) groups is 3. The van der Waals surface area contributed by atoms with Crippen molar-refractivity contribution in [3.05, 3.63) is 48.6 Å². The van der Waals surface area contributed by atoms with Crippen molar-refractivity contribution in [2.24, 2.45) is 0 Å². The number of hydrogen-bond donors (Lipinski definition) is 0. The van der Waals surface area contributed by atoms with E-state index in [0.717, 1.165) is 89.9 Å². The molecule has 0 rings (SSSR count). The fraction of sp³-hybridized carbons (Fsp3) is 0.756. The predicted octanol–water partition coefficient (Wildman–Crippen LogP) is 13.2. The highest BCUT2D eigenvalue weighted by atomic mass is 16.6. The van der Waals surface area contributed by atoms with Crippen molar-refractivity contribution in [2.45, 2.75) is 207 Å². The van der Waals surface area contributed by atoms with Gasteiger partial charge >= 0.3 is 17.9 Å². The molecule has 0 aromatic carbocycles. The Morgan fingerprint density at radius 3 is 1.20 bits per heavy atom. The Kier molecular flexibility index (Phi) is 38.1. The maximum Gasteiger partial charge on any atom is 0.306 e. The number of ether oxygens (including phenoxy) is 3. The van der Waals surface area contributed by atoms with E-state index in [9.17, 15) is 14.4 Å². The number of unbranched alkanes of at least 4 members (excludes halogenated alkanes) is 18. The zero-order chi connectivity index (χ0) is 37.3. The van der Waals surface area contributed by atoms with Gasteiger partial charge in [0.05, 0.1) is 0 Å². The van der Waals surface area contributed by atoms with E-state index >= 15 is 0 Å². The first-order valence-corrected chi connectivity index (χ1v) is 21.1. The fourth-order valence-electron chi connectivity index (χ4n) is 5.67. The first-order chi connectivity index (χ1) is 25.0. The number of esters is 3. The van der Waals surface area contributed by atoms with E-state index in [1.807, 2.05) is 0 Å². The molecule has 294 valence electrons. The number of allylic oxidation sites excluding steroid dienone is 8. The monoisotopic (exact) mass is 715 g/mol. The van der Waals surface area contributed by atoms with Gasteiger partial charge in [-0.1, -0.05) is 172 Å². The summed E-state index contributed by atoms with van der Waals surface area (Å²) >= 11 is 0. The highest BCUT2D eigenvalue weighted by Gasteiger charge is 2.19. The molecule has 6 heteroatoms. The summed E-state index contributed by atoms with van der Waals surface area (Å²) < 4.78 is 16.5. The SMILES string of the molecule is CC/C=C\C/C=C\C/C=C\C/C=C\CCCCCCCCC(=O)OCC(COC(=O)CCCCCCCCC)OC(=O)CCCCCCCCC. The zero-order valence-corrected chi connectivity index (χ0v) is 33.4. The lowest BCUT2D eigenvalue weighted by Crippen LogP contribution is -2.30. The molecular weight excluding hydrogens is 636 g/mol. The predicted molar refractivity (Wildman–Crippen MR) is 215 cm³/mol. The summed E-state index contributed by atoms with van der Waals surface area (Å²) in [6.45, 7) is 6.40. The van der Waals surface area contributed by atoms with Crippen molar-refractivity contribution >= 4 is 17.9 Å². The molecule has 0 bridgehead atoms. The molecule has 0 fully saturated rings. The molecule has 0 aliphatic heterocycles. The van der Waals surface area contributed by atoms with Crippen LogP contribution in [0.15, 0.2) is 48.6 Å². The molecule has 0 saturated carbocycles.